The Hall–Kier alpha value is -3.40. The first kappa shape index (κ1) is 25.2. The van der Waals surface area contributed by atoms with Gasteiger partial charge in [-0.3, -0.25) is 25.1 Å². The van der Waals surface area contributed by atoms with Gasteiger partial charge in [0.05, 0.1) is 5.69 Å². The Morgan fingerprint density at radius 2 is 1.79 bits per heavy atom. The van der Waals surface area contributed by atoms with Gasteiger partial charge in [-0.05, 0) is 57.0 Å². The molecular weight excluding hydrogens is 454 g/mol. The maximum atomic E-state index is 12.4. The van der Waals surface area contributed by atoms with E-state index in [4.69, 9.17) is 4.74 Å². The summed E-state index contributed by atoms with van der Waals surface area (Å²) in [6.07, 6.45) is 0. The van der Waals surface area contributed by atoms with Crippen LogP contribution in [0.2, 0.25) is 0 Å². The Bertz CT molecular complexity index is 1160. The summed E-state index contributed by atoms with van der Waals surface area (Å²) in [5.41, 5.74) is 6.88. The van der Waals surface area contributed by atoms with E-state index in [1.54, 1.807) is 18.2 Å². The van der Waals surface area contributed by atoms with E-state index in [0.29, 0.717) is 16.4 Å². The predicted molar refractivity (Wildman–Crippen MR) is 133 cm³/mol. The first-order chi connectivity index (χ1) is 16.2. The molecule has 2 aromatic heterocycles. The number of carbonyl (C=O) groups is 3. The number of anilines is 1. The van der Waals surface area contributed by atoms with Crippen LogP contribution >= 0.6 is 11.3 Å². The Kier molecular flexibility index (Phi) is 8.27. The van der Waals surface area contributed by atoms with E-state index in [0.717, 1.165) is 41.2 Å². The van der Waals surface area contributed by atoms with Crippen molar-refractivity contribution in [2.24, 2.45) is 5.92 Å². The molecule has 0 aliphatic carbocycles. The molecule has 0 fully saturated rings. The molecule has 3 aromatic rings. The molecule has 10 heteroatoms. The van der Waals surface area contributed by atoms with Crippen LogP contribution in [-0.4, -0.2) is 47.3 Å². The highest BCUT2D eigenvalue weighted by molar-refractivity contribution is 7.20. The van der Waals surface area contributed by atoms with Gasteiger partial charge in [0.15, 0.2) is 6.61 Å². The SMILES string of the molecule is CCN(CC)c1ccc(C(=O)NNC(=O)COC(=O)c2cc3c(C)nn(CC(C)C)c3s2)cc1. The normalized spacial score (nSPS) is 11.0. The first-order valence-electron chi connectivity index (χ1n) is 11.3. The number of hydrogen-bond donors (Lipinski definition) is 2. The van der Waals surface area contributed by atoms with Gasteiger partial charge in [0, 0.05) is 36.3 Å². The number of hydrogen-bond acceptors (Lipinski definition) is 7. The molecule has 182 valence electrons. The lowest BCUT2D eigenvalue weighted by Crippen LogP contribution is -2.43. The van der Waals surface area contributed by atoms with Crippen molar-refractivity contribution in [2.45, 2.75) is 41.2 Å². The molecule has 0 saturated carbocycles. The fraction of sp³-hybridized carbons (Fsp3) is 0.417. The van der Waals surface area contributed by atoms with E-state index < -0.39 is 24.4 Å². The number of carbonyl (C=O) groups excluding carboxylic acids is 3. The van der Waals surface area contributed by atoms with Gasteiger partial charge in [0.25, 0.3) is 11.8 Å². The maximum Gasteiger partial charge on any atom is 0.348 e. The summed E-state index contributed by atoms with van der Waals surface area (Å²) in [6.45, 7) is 12.2. The minimum atomic E-state index is -0.635. The zero-order valence-corrected chi connectivity index (χ0v) is 21.0. The summed E-state index contributed by atoms with van der Waals surface area (Å²) in [7, 11) is 0. The van der Waals surface area contributed by atoms with E-state index in [2.05, 4.69) is 48.5 Å². The Balaban J connectivity index is 1.51. The molecule has 0 bridgehead atoms. The number of hydrazine groups is 1. The summed E-state index contributed by atoms with van der Waals surface area (Å²) < 4.78 is 7.02. The zero-order chi connectivity index (χ0) is 24.8. The van der Waals surface area contributed by atoms with Crippen molar-refractivity contribution in [1.82, 2.24) is 20.6 Å². The van der Waals surface area contributed by atoms with Gasteiger partial charge in [-0.25, -0.2) is 4.79 Å². The van der Waals surface area contributed by atoms with Crippen molar-refractivity contribution in [3.05, 3.63) is 46.5 Å². The average Bonchev–Trinajstić information content (AvgIpc) is 3.38. The van der Waals surface area contributed by atoms with E-state index in [-0.39, 0.29) is 0 Å². The first-order valence-corrected chi connectivity index (χ1v) is 12.1. The van der Waals surface area contributed by atoms with Crippen molar-refractivity contribution in [2.75, 3.05) is 24.6 Å². The summed E-state index contributed by atoms with van der Waals surface area (Å²) in [5, 5.41) is 5.42. The van der Waals surface area contributed by atoms with Gasteiger partial charge in [-0.1, -0.05) is 13.8 Å². The number of ether oxygens (including phenoxy) is 1. The monoisotopic (exact) mass is 485 g/mol. The number of fused-ring (bicyclic) bond motifs is 1. The number of nitrogens with one attached hydrogen (secondary N) is 2. The number of amides is 2. The molecule has 0 spiro atoms. The molecule has 3 rings (SSSR count). The third-order valence-corrected chi connectivity index (χ3v) is 6.38. The number of benzene rings is 1. The highest BCUT2D eigenvalue weighted by atomic mass is 32.1. The van der Waals surface area contributed by atoms with Crippen LogP contribution in [0.25, 0.3) is 10.2 Å². The molecule has 0 saturated heterocycles. The second kappa shape index (κ2) is 11.1. The predicted octanol–water partition coefficient (Wildman–Crippen LogP) is 3.53. The third kappa shape index (κ3) is 5.93. The molecule has 0 aliphatic rings. The van der Waals surface area contributed by atoms with Crippen LogP contribution in [0.4, 0.5) is 5.69 Å². The number of aryl methyl sites for hydroxylation is 1. The minimum absolute atomic E-state index is 0.401. The van der Waals surface area contributed by atoms with Crippen LogP contribution in [0.15, 0.2) is 30.3 Å². The van der Waals surface area contributed by atoms with Gasteiger partial charge in [0.1, 0.15) is 9.71 Å². The number of esters is 1. The summed E-state index contributed by atoms with van der Waals surface area (Å²) in [6, 6.07) is 8.85. The van der Waals surface area contributed by atoms with Crippen molar-refractivity contribution in [3.8, 4) is 0 Å². The molecule has 34 heavy (non-hydrogen) atoms. The molecular formula is C24H31N5O4S. The standard InChI is InChI=1S/C24H31N5O4S/c1-6-28(7-2)18-10-8-17(9-11-18)22(31)26-25-21(30)14-33-24(32)20-12-19-16(5)27-29(13-15(3)4)23(19)34-20/h8-12,15H,6-7,13-14H2,1-5H3,(H,25,30)(H,26,31). The highest BCUT2D eigenvalue weighted by Crippen LogP contribution is 2.29. The van der Waals surface area contributed by atoms with Crippen LogP contribution in [0.5, 0.6) is 0 Å². The van der Waals surface area contributed by atoms with E-state index in [1.807, 2.05) is 23.7 Å². The zero-order valence-electron chi connectivity index (χ0n) is 20.2. The number of nitrogens with zero attached hydrogens (tertiary/aromatic N) is 3. The fourth-order valence-corrected chi connectivity index (χ4v) is 4.60. The molecule has 2 amide bonds. The van der Waals surface area contributed by atoms with Crippen LogP contribution in [0.1, 0.15) is 53.4 Å². The topological polar surface area (TPSA) is 106 Å². The van der Waals surface area contributed by atoms with Crippen molar-refractivity contribution >= 4 is 45.0 Å². The Labute approximate surface area is 203 Å². The van der Waals surface area contributed by atoms with Crippen LogP contribution in [0, 0.1) is 12.8 Å². The molecule has 0 atom stereocenters. The Morgan fingerprint density at radius 1 is 1.12 bits per heavy atom. The lowest BCUT2D eigenvalue weighted by Gasteiger charge is -2.21. The lowest BCUT2D eigenvalue weighted by atomic mass is 10.2. The van der Waals surface area contributed by atoms with E-state index in [9.17, 15) is 14.4 Å². The fourth-order valence-electron chi connectivity index (χ4n) is 3.53. The van der Waals surface area contributed by atoms with Crippen molar-refractivity contribution in [3.63, 3.8) is 0 Å². The largest absolute Gasteiger partial charge is 0.451 e. The second-order valence-electron chi connectivity index (χ2n) is 8.29. The molecule has 0 radical (unpaired) electrons. The van der Waals surface area contributed by atoms with E-state index in [1.165, 1.54) is 11.3 Å². The molecule has 9 nitrogen and oxygen atoms in total. The summed E-state index contributed by atoms with van der Waals surface area (Å²) in [5.74, 6) is -1.27. The minimum Gasteiger partial charge on any atom is -0.451 e. The number of aromatic nitrogens is 2. The summed E-state index contributed by atoms with van der Waals surface area (Å²) >= 11 is 1.29. The highest BCUT2D eigenvalue weighted by Gasteiger charge is 2.19. The summed E-state index contributed by atoms with van der Waals surface area (Å²) in [4.78, 5) is 40.3. The van der Waals surface area contributed by atoms with Gasteiger partial charge in [-0.15, -0.1) is 11.3 Å². The molecule has 1 aromatic carbocycles. The second-order valence-corrected chi connectivity index (χ2v) is 9.32. The Morgan fingerprint density at radius 3 is 2.41 bits per heavy atom. The van der Waals surface area contributed by atoms with Gasteiger partial charge in [-0.2, -0.15) is 5.10 Å². The van der Waals surface area contributed by atoms with Crippen LogP contribution in [-0.2, 0) is 16.1 Å². The molecule has 2 N–H and O–H groups in total. The smallest absolute Gasteiger partial charge is 0.348 e. The average molecular weight is 486 g/mol. The molecule has 2 heterocycles. The van der Waals surface area contributed by atoms with Gasteiger partial charge < -0.3 is 9.64 Å². The number of rotatable bonds is 9. The van der Waals surface area contributed by atoms with E-state index >= 15 is 0 Å². The van der Waals surface area contributed by atoms with Crippen LogP contribution < -0.4 is 15.8 Å². The third-order valence-electron chi connectivity index (χ3n) is 5.25. The quantitative estimate of drug-likeness (QED) is 0.355. The van der Waals surface area contributed by atoms with Gasteiger partial charge in [0.2, 0.25) is 0 Å². The van der Waals surface area contributed by atoms with Crippen LogP contribution in [0.3, 0.4) is 0 Å². The lowest BCUT2D eigenvalue weighted by molar-refractivity contribution is -0.125. The van der Waals surface area contributed by atoms with Crippen molar-refractivity contribution < 1.29 is 19.1 Å². The molecule has 0 aliphatic heterocycles. The molecule has 0 unspecified atom stereocenters. The van der Waals surface area contributed by atoms with Gasteiger partial charge >= 0.3 is 5.97 Å². The van der Waals surface area contributed by atoms with Crippen molar-refractivity contribution in [1.29, 1.82) is 0 Å². The maximum absolute atomic E-state index is 12.4. The number of thiophene rings is 1.